The van der Waals surface area contributed by atoms with E-state index in [1.54, 1.807) is 13.8 Å². The van der Waals surface area contributed by atoms with Crippen LogP contribution in [-0.2, 0) is 4.79 Å². The summed E-state index contributed by atoms with van der Waals surface area (Å²) in [6.45, 7) is 10.4. The zero-order valence-corrected chi connectivity index (χ0v) is 12.2. The number of hydrogen-bond acceptors (Lipinski definition) is 3. The zero-order chi connectivity index (χ0) is 14.1. The molecule has 106 valence electrons. The average Bonchev–Trinajstić information content (AvgIpc) is 2.30. The number of carbonyl (C=O) groups excluding carboxylic acids is 2. The summed E-state index contributed by atoms with van der Waals surface area (Å²) in [7, 11) is 0. The fraction of sp³-hybridized carbons (Fsp3) is 0.846. The minimum atomic E-state index is -0.439. The van der Waals surface area contributed by atoms with Crippen LogP contribution in [0.2, 0.25) is 0 Å². The Labute approximate surface area is 110 Å². The first-order chi connectivity index (χ1) is 8.46. The molecule has 0 aromatic carbocycles. The first-order valence-corrected chi connectivity index (χ1v) is 6.80. The molecule has 0 aromatic heterocycles. The van der Waals surface area contributed by atoms with Crippen molar-refractivity contribution in [2.24, 2.45) is 5.92 Å². The molecule has 0 radical (unpaired) electrons. The molecule has 2 unspecified atom stereocenters. The quantitative estimate of drug-likeness (QED) is 0.649. The van der Waals surface area contributed by atoms with Crippen LogP contribution in [0.25, 0.3) is 0 Å². The van der Waals surface area contributed by atoms with Crippen molar-refractivity contribution >= 4 is 11.9 Å². The molecule has 0 rings (SSSR count). The number of urea groups is 1. The number of carbonyl (C=O) groups is 2. The van der Waals surface area contributed by atoms with Crippen LogP contribution in [0.4, 0.5) is 4.79 Å². The highest BCUT2D eigenvalue weighted by Gasteiger charge is 2.20. The standard InChI is InChI=1S/C13H27N3O2/c1-6-11(7-2)9(4)15-10(5)12(17)16-13(18)14-8-3/h9-11,15H,6-8H2,1-5H3,(H2,14,16,17,18). The third-order valence-electron chi connectivity index (χ3n) is 3.24. The minimum absolute atomic E-state index is 0.259. The van der Waals surface area contributed by atoms with Crippen LogP contribution in [0.1, 0.15) is 47.5 Å². The van der Waals surface area contributed by atoms with Crippen LogP contribution < -0.4 is 16.0 Å². The Morgan fingerprint density at radius 2 is 1.61 bits per heavy atom. The molecule has 0 aliphatic carbocycles. The molecule has 0 spiro atoms. The van der Waals surface area contributed by atoms with Crippen molar-refractivity contribution in [3.05, 3.63) is 0 Å². The molecule has 3 N–H and O–H groups in total. The molecular weight excluding hydrogens is 230 g/mol. The van der Waals surface area contributed by atoms with Crippen LogP contribution in [0, 0.1) is 5.92 Å². The Kier molecular flexibility index (Phi) is 8.37. The molecule has 18 heavy (non-hydrogen) atoms. The summed E-state index contributed by atoms with van der Waals surface area (Å²) >= 11 is 0. The molecule has 0 aliphatic rings. The van der Waals surface area contributed by atoms with Crippen molar-refractivity contribution in [1.29, 1.82) is 0 Å². The maximum atomic E-state index is 11.7. The average molecular weight is 257 g/mol. The fourth-order valence-corrected chi connectivity index (χ4v) is 2.03. The van der Waals surface area contributed by atoms with E-state index in [1.807, 2.05) is 0 Å². The van der Waals surface area contributed by atoms with Gasteiger partial charge in [-0.1, -0.05) is 26.7 Å². The lowest BCUT2D eigenvalue weighted by Crippen LogP contribution is -2.51. The predicted octanol–water partition coefficient (Wildman–Crippen LogP) is 1.63. The van der Waals surface area contributed by atoms with Gasteiger partial charge in [-0.2, -0.15) is 0 Å². The van der Waals surface area contributed by atoms with Gasteiger partial charge in [-0.15, -0.1) is 0 Å². The van der Waals surface area contributed by atoms with E-state index >= 15 is 0 Å². The Hall–Kier alpha value is -1.10. The highest BCUT2D eigenvalue weighted by Crippen LogP contribution is 2.12. The van der Waals surface area contributed by atoms with Crippen LogP contribution in [0.15, 0.2) is 0 Å². The molecular formula is C13H27N3O2. The summed E-state index contributed by atoms with van der Waals surface area (Å²) in [5, 5.41) is 8.08. The first kappa shape index (κ1) is 16.9. The highest BCUT2D eigenvalue weighted by molar-refractivity contribution is 5.96. The van der Waals surface area contributed by atoms with E-state index in [1.165, 1.54) is 0 Å². The highest BCUT2D eigenvalue weighted by atomic mass is 16.2. The summed E-state index contributed by atoms with van der Waals surface area (Å²) in [5.74, 6) is 0.253. The van der Waals surface area contributed by atoms with Crippen LogP contribution >= 0.6 is 0 Å². The second kappa shape index (κ2) is 8.91. The van der Waals surface area contributed by atoms with Gasteiger partial charge < -0.3 is 10.6 Å². The summed E-state index contributed by atoms with van der Waals surface area (Å²) in [4.78, 5) is 22.9. The maximum Gasteiger partial charge on any atom is 0.321 e. The second-order valence-electron chi connectivity index (χ2n) is 4.60. The van der Waals surface area contributed by atoms with Gasteiger partial charge in [-0.3, -0.25) is 10.1 Å². The summed E-state index contributed by atoms with van der Waals surface area (Å²) < 4.78 is 0. The third kappa shape index (κ3) is 6.00. The van der Waals surface area contributed by atoms with Gasteiger partial charge in [0.2, 0.25) is 5.91 Å². The van der Waals surface area contributed by atoms with Gasteiger partial charge in [0.05, 0.1) is 6.04 Å². The van der Waals surface area contributed by atoms with E-state index in [-0.39, 0.29) is 18.0 Å². The third-order valence-corrected chi connectivity index (χ3v) is 3.24. The molecule has 3 amide bonds. The summed E-state index contributed by atoms with van der Waals surface area (Å²) in [6, 6.07) is -0.551. The van der Waals surface area contributed by atoms with Gasteiger partial charge in [0.25, 0.3) is 0 Å². The fourth-order valence-electron chi connectivity index (χ4n) is 2.03. The second-order valence-corrected chi connectivity index (χ2v) is 4.60. The number of imide groups is 1. The lowest BCUT2D eigenvalue weighted by molar-refractivity contribution is -0.121. The lowest BCUT2D eigenvalue weighted by Gasteiger charge is -2.25. The monoisotopic (exact) mass is 257 g/mol. The van der Waals surface area contributed by atoms with Crippen LogP contribution in [-0.4, -0.2) is 30.6 Å². The van der Waals surface area contributed by atoms with Gasteiger partial charge >= 0.3 is 6.03 Å². The Morgan fingerprint density at radius 3 is 2.06 bits per heavy atom. The SMILES string of the molecule is CCNC(=O)NC(=O)C(C)NC(C)C(CC)CC. The zero-order valence-electron chi connectivity index (χ0n) is 12.2. The van der Waals surface area contributed by atoms with Crippen molar-refractivity contribution < 1.29 is 9.59 Å². The van der Waals surface area contributed by atoms with E-state index in [0.717, 1.165) is 12.8 Å². The predicted molar refractivity (Wildman–Crippen MR) is 73.3 cm³/mol. The Balaban J connectivity index is 4.18. The molecule has 0 fully saturated rings. The lowest BCUT2D eigenvalue weighted by atomic mass is 9.95. The largest absolute Gasteiger partial charge is 0.338 e. The molecule has 0 aromatic rings. The Bertz CT molecular complexity index is 265. The van der Waals surface area contributed by atoms with Gasteiger partial charge in [-0.25, -0.2) is 4.79 Å². The van der Waals surface area contributed by atoms with Gasteiger partial charge in [0.15, 0.2) is 0 Å². The summed E-state index contributed by atoms with van der Waals surface area (Å²) in [5.41, 5.74) is 0. The molecule has 0 heterocycles. The number of amides is 3. The van der Waals surface area contributed by atoms with Crippen molar-refractivity contribution in [2.45, 2.75) is 59.5 Å². The van der Waals surface area contributed by atoms with E-state index in [0.29, 0.717) is 12.5 Å². The molecule has 2 atom stereocenters. The van der Waals surface area contributed by atoms with Gasteiger partial charge in [0.1, 0.15) is 0 Å². The van der Waals surface area contributed by atoms with E-state index in [4.69, 9.17) is 0 Å². The van der Waals surface area contributed by atoms with Crippen molar-refractivity contribution in [3.8, 4) is 0 Å². The Morgan fingerprint density at radius 1 is 1.06 bits per heavy atom. The topological polar surface area (TPSA) is 70.2 Å². The minimum Gasteiger partial charge on any atom is -0.338 e. The number of rotatable bonds is 7. The smallest absolute Gasteiger partial charge is 0.321 e. The van der Waals surface area contributed by atoms with E-state index in [2.05, 4.69) is 36.7 Å². The van der Waals surface area contributed by atoms with Crippen LogP contribution in [0.3, 0.4) is 0 Å². The van der Waals surface area contributed by atoms with E-state index < -0.39 is 6.03 Å². The first-order valence-electron chi connectivity index (χ1n) is 6.80. The maximum absolute atomic E-state index is 11.7. The van der Waals surface area contributed by atoms with Crippen LogP contribution in [0.5, 0.6) is 0 Å². The van der Waals surface area contributed by atoms with Crippen molar-refractivity contribution in [2.75, 3.05) is 6.54 Å². The molecule has 0 saturated carbocycles. The molecule has 0 aliphatic heterocycles. The molecule has 5 heteroatoms. The molecule has 0 saturated heterocycles. The van der Waals surface area contributed by atoms with Gasteiger partial charge in [0, 0.05) is 12.6 Å². The molecule has 5 nitrogen and oxygen atoms in total. The number of nitrogens with one attached hydrogen (secondary N) is 3. The van der Waals surface area contributed by atoms with Crippen molar-refractivity contribution in [1.82, 2.24) is 16.0 Å². The summed E-state index contributed by atoms with van der Waals surface area (Å²) in [6.07, 6.45) is 2.16. The normalized spacial score (nSPS) is 14.1. The van der Waals surface area contributed by atoms with Crippen molar-refractivity contribution in [3.63, 3.8) is 0 Å². The molecule has 0 bridgehead atoms. The van der Waals surface area contributed by atoms with Gasteiger partial charge in [-0.05, 0) is 26.7 Å². The van der Waals surface area contributed by atoms with E-state index in [9.17, 15) is 9.59 Å². The number of hydrogen-bond donors (Lipinski definition) is 3.